The molecule has 0 fully saturated rings. The standard InChI is InChI=1S/C25H21Cl3N2O5/c1-33-23-13-16(8-10-22(23)35-25(32)18-5-2-3-6-19(18)27)15-29-30-24(31)7-4-12-34-21-11-9-17(26)14-20(21)28/h2-3,5-6,8-11,13-15H,4,7,12H2,1H3,(H,30,31)/b29-15+. The van der Waals surface area contributed by atoms with Gasteiger partial charge in [-0.25, -0.2) is 10.2 Å². The van der Waals surface area contributed by atoms with Crippen LogP contribution in [-0.4, -0.2) is 31.8 Å². The van der Waals surface area contributed by atoms with E-state index < -0.39 is 5.97 Å². The second kappa shape index (κ2) is 13.0. The van der Waals surface area contributed by atoms with Crippen molar-refractivity contribution in [3.05, 3.63) is 86.9 Å². The zero-order valence-corrected chi connectivity index (χ0v) is 20.9. The Bertz CT molecular complexity index is 1230. The van der Waals surface area contributed by atoms with Gasteiger partial charge in [0.05, 0.1) is 35.5 Å². The summed E-state index contributed by atoms with van der Waals surface area (Å²) < 4.78 is 16.3. The van der Waals surface area contributed by atoms with E-state index in [4.69, 9.17) is 49.0 Å². The minimum Gasteiger partial charge on any atom is -0.493 e. The van der Waals surface area contributed by atoms with Gasteiger partial charge in [0.2, 0.25) is 5.91 Å². The predicted octanol–water partition coefficient (Wildman–Crippen LogP) is 6.18. The van der Waals surface area contributed by atoms with Crippen molar-refractivity contribution in [2.24, 2.45) is 5.10 Å². The fourth-order valence-corrected chi connectivity index (χ4v) is 3.55. The zero-order chi connectivity index (χ0) is 25.2. The lowest BCUT2D eigenvalue weighted by atomic mass is 10.2. The highest BCUT2D eigenvalue weighted by Gasteiger charge is 2.15. The van der Waals surface area contributed by atoms with Gasteiger partial charge in [0, 0.05) is 11.4 Å². The van der Waals surface area contributed by atoms with Crippen molar-refractivity contribution in [1.82, 2.24) is 5.43 Å². The Kier molecular flexibility index (Phi) is 9.78. The number of methoxy groups -OCH3 is 1. The summed E-state index contributed by atoms with van der Waals surface area (Å²) in [6.45, 7) is 0.310. The van der Waals surface area contributed by atoms with Gasteiger partial charge < -0.3 is 14.2 Å². The molecular weight excluding hydrogens is 515 g/mol. The second-order valence-electron chi connectivity index (χ2n) is 7.10. The lowest BCUT2D eigenvalue weighted by Gasteiger charge is -2.10. The van der Waals surface area contributed by atoms with E-state index in [2.05, 4.69) is 10.5 Å². The highest BCUT2D eigenvalue weighted by Crippen LogP contribution is 2.29. The van der Waals surface area contributed by atoms with Gasteiger partial charge in [-0.15, -0.1) is 0 Å². The molecule has 0 heterocycles. The van der Waals surface area contributed by atoms with E-state index in [0.717, 1.165) is 0 Å². The molecule has 0 saturated heterocycles. The van der Waals surface area contributed by atoms with Crippen LogP contribution in [0.3, 0.4) is 0 Å². The van der Waals surface area contributed by atoms with E-state index in [-0.39, 0.29) is 28.7 Å². The highest BCUT2D eigenvalue weighted by molar-refractivity contribution is 6.35. The van der Waals surface area contributed by atoms with Crippen LogP contribution >= 0.6 is 34.8 Å². The number of amides is 1. The smallest absolute Gasteiger partial charge is 0.345 e. The summed E-state index contributed by atoms with van der Waals surface area (Å²) in [5.74, 6) is 0.164. The summed E-state index contributed by atoms with van der Waals surface area (Å²) in [5.41, 5.74) is 3.32. The van der Waals surface area contributed by atoms with E-state index in [1.165, 1.54) is 13.3 Å². The van der Waals surface area contributed by atoms with Gasteiger partial charge >= 0.3 is 5.97 Å². The van der Waals surface area contributed by atoms with Crippen molar-refractivity contribution in [2.45, 2.75) is 12.8 Å². The molecule has 0 unspecified atom stereocenters. The normalized spacial score (nSPS) is 10.7. The van der Waals surface area contributed by atoms with E-state index in [1.807, 2.05) is 0 Å². The third-order valence-electron chi connectivity index (χ3n) is 4.59. The Hall–Kier alpha value is -3.26. The van der Waals surface area contributed by atoms with Crippen molar-refractivity contribution in [2.75, 3.05) is 13.7 Å². The highest BCUT2D eigenvalue weighted by atomic mass is 35.5. The van der Waals surface area contributed by atoms with Crippen molar-refractivity contribution >= 4 is 52.9 Å². The van der Waals surface area contributed by atoms with Gasteiger partial charge in [-0.2, -0.15) is 5.10 Å². The molecule has 0 aliphatic rings. The van der Waals surface area contributed by atoms with Crippen LogP contribution in [0.25, 0.3) is 0 Å². The average molecular weight is 536 g/mol. The van der Waals surface area contributed by atoms with Crippen LogP contribution in [0.4, 0.5) is 0 Å². The maximum Gasteiger partial charge on any atom is 0.345 e. The SMILES string of the molecule is COc1cc(/C=N/NC(=O)CCCOc2ccc(Cl)cc2Cl)ccc1OC(=O)c1ccccc1Cl. The summed E-state index contributed by atoms with van der Waals surface area (Å²) in [4.78, 5) is 24.4. The molecule has 0 spiro atoms. The average Bonchev–Trinajstić information content (AvgIpc) is 2.84. The lowest BCUT2D eigenvalue weighted by molar-refractivity contribution is -0.121. The van der Waals surface area contributed by atoms with Crippen LogP contribution in [0, 0.1) is 0 Å². The maximum absolute atomic E-state index is 12.4. The number of ether oxygens (including phenoxy) is 3. The van der Waals surface area contributed by atoms with Crippen LogP contribution in [0.15, 0.2) is 65.8 Å². The van der Waals surface area contributed by atoms with Gasteiger partial charge in [0.15, 0.2) is 11.5 Å². The van der Waals surface area contributed by atoms with Gasteiger partial charge in [0.1, 0.15) is 5.75 Å². The Morgan fingerprint density at radius 2 is 1.71 bits per heavy atom. The van der Waals surface area contributed by atoms with E-state index in [0.29, 0.717) is 40.1 Å². The number of rotatable bonds is 10. The van der Waals surface area contributed by atoms with E-state index >= 15 is 0 Å². The third-order valence-corrected chi connectivity index (χ3v) is 5.45. The Morgan fingerprint density at radius 3 is 2.46 bits per heavy atom. The summed E-state index contributed by atoms with van der Waals surface area (Å²) in [6, 6.07) is 16.4. The minimum atomic E-state index is -0.607. The molecular formula is C25H21Cl3N2O5. The molecule has 3 rings (SSSR count). The minimum absolute atomic E-state index is 0.211. The van der Waals surface area contributed by atoms with Gasteiger partial charge in [-0.3, -0.25) is 4.79 Å². The van der Waals surface area contributed by atoms with Crippen molar-refractivity contribution in [3.8, 4) is 17.2 Å². The molecule has 10 heteroatoms. The molecule has 3 aromatic carbocycles. The first-order chi connectivity index (χ1) is 16.9. The van der Waals surface area contributed by atoms with Gasteiger partial charge in [0.25, 0.3) is 0 Å². The first kappa shape index (κ1) is 26.3. The van der Waals surface area contributed by atoms with Gasteiger partial charge in [-0.1, -0.05) is 46.9 Å². The Balaban J connectivity index is 1.48. The number of carbonyl (C=O) groups excluding carboxylic acids is 2. The summed E-state index contributed by atoms with van der Waals surface area (Å²) in [7, 11) is 1.45. The largest absolute Gasteiger partial charge is 0.493 e. The number of hydrogen-bond acceptors (Lipinski definition) is 6. The third kappa shape index (κ3) is 7.89. The fraction of sp³-hybridized carbons (Fsp3) is 0.160. The van der Waals surface area contributed by atoms with Crippen LogP contribution in [0.5, 0.6) is 17.2 Å². The fourth-order valence-electron chi connectivity index (χ4n) is 2.87. The molecule has 0 aliphatic carbocycles. The Labute approximate surface area is 217 Å². The topological polar surface area (TPSA) is 86.2 Å². The molecule has 0 saturated carbocycles. The predicted molar refractivity (Wildman–Crippen MR) is 136 cm³/mol. The quantitative estimate of drug-likeness (QED) is 0.110. The molecule has 182 valence electrons. The van der Waals surface area contributed by atoms with Crippen LogP contribution in [-0.2, 0) is 4.79 Å². The van der Waals surface area contributed by atoms with Crippen LogP contribution in [0.2, 0.25) is 15.1 Å². The molecule has 1 N–H and O–H groups in total. The number of hydrogen-bond donors (Lipinski definition) is 1. The zero-order valence-electron chi connectivity index (χ0n) is 18.6. The number of nitrogens with zero attached hydrogens (tertiary/aromatic N) is 1. The molecule has 0 bridgehead atoms. The molecule has 7 nitrogen and oxygen atoms in total. The lowest BCUT2D eigenvalue weighted by Crippen LogP contribution is -2.18. The molecule has 0 radical (unpaired) electrons. The number of benzene rings is 3. The van der Waals surface area contributed by atoms with Crippen molar-refractivity contribution < 1.29 is 23.8 Å². The van der Waals surface area contributed by atoms with E-state index in [9.17, 15) is 9.59 Å². The summed E-state index contributed by atoms with van der Waals surface area (Å²) in [6.07, 6.45) is 2.13. The van der Waals surface area contributed by atoms with Crippen LogP contribution in [0.1, 0.15) is 28.8 Å². The number of hydrazone groups is 1. The number of esters is 1. The molecule has 0 aromatic heterocycles. The first-order valence-corrected chi connectivity index (χ1v) is 11.5. The van der Waals surface area contributed by atoms with Crippen molar-refractivity contribution in [3.63, 3.8) is 0 Å². The monoisotopic (exact) mass is 534 g/mol. The molecule has 0 atom stereocenters. The summed E-state index contributed by atoms with van der Waals surface area (Å²) in [5, 5.41) is 5.16. The van der Waals surface area contributed by atoms with Crippen molar-refractivity contribution in [1.29, 1.82) is 0 Å². The second-order valence-corrected chi connectivity index (χ2v) is 8.35. The number of carbonyl (C=O) groups is 2. The maximum atomic E-state index is 12.4. The molecule has 1 amide bonds. The van der Waals surface area contributed by atoms with Gasteiger partial charge in [-0.05, 0) is 60.5 Å². The first-order valence-electron chi connectivity index (χ1n) is 10.4. The number of nitrogens with one attached hydrogen (secondary N) is 1. The van der Waals surface area contributed by atoms with E-state index in [1.54, 1.807) is 60.7 Å². The summed E-state index contributed by atoms with van der Waals surface area (Å²) >= 11 is 17.9. The molecule has 3 aromatic rings. The molecule has 35 heavy (non-hydrogen) atoms. The molecule has 0 aliphatic heterocycles. The Morgan fingerprint density at radius 1 is 0.943 bits per heavy atom. The van der Waals surface area contributed by atoms with Crippen LogP contribution < -0.4 is 19.6 Å². The number of halogens is 3.